The molecule has 1 nitrogen and oxygen atoms in total. The summed E-state index contributed by atoms with van der Waals surface area (Å²) in [6.45, 7) is 6.69. The molecule has 1 atom stereocenters. The number of hydrogen-bond acceptors (Lipinski definition) is 1. The standard InChI is InChI=1S/C16H20N.3ClH.Zr/c1-3-17(4-2)16(15-12-8-9-13-15)14-10-6-5-7-11-14;;;;/h5-8,10-12,16H,3-4,9H2,1-2H3;3*1H;. The monoisotopic (exact) mass is 424 g/mol. The van der Waals surface area contributed by atoms with Crippen LogP contribution in [0.15, 0.2) is 51.3 Å². The second-order valence-electron chi connectivity index (χ2n) is 4.57. The fourth-order valence-electron chi connectivity index (χ4n) is 2.59. The Morgan fingerprint density at radius 3 is 2.05 bits per heavy atom. The third-order valence-corrected chi connectivity index (χ3v) is 4.77. The molecule has 0 spiro atoms. The fourth-order valence-corrected chi connectivity index (χ4v) is 3.42. The van der Waals surface area contributed by atoms with Crippen LogP contribution in [0.25, 0.3) is 0 Å². The molecule has 1 aromatic rings. The van der Waals surface area contributed by atoms with Crippen LogP contribution in [-0.2, 0) is 24.7 Å². The van der Waals surface area contributed by atoms with Crippen molar-refractivity contribution in [1.29, 1.82) is 0 Å². The smallest absolute Gasteiger partial charge is 0.147 e. The Morgan fingerprint density at radius 1 is 1.05 bits per heavy atom. The molecule has 0 heterocycles. The molecule has 0 aliphatic heterocycles. The summed E-state index contributed by atoms with van der Waals surface area (Å²) in [5.41, 5.74) is 2.95. The van der Waals surface area contributed by atoms with Crippen molar-refractivity contribution in [3.05, 3.63) is 56.9 Å². The van der Waals surface area contributed by atoms with E-state index in [4.69, 9.17) is 0 Å². The number of likely N-dealkylation sites (N-methyl/N-ethyl adjacent to an activating group) is 1. The number of benzene rings is 1. The van der Waals surface area contributed by atoms with Gasteiger partial charge >= 0.3 is 126 Å². The van der Waals surface area contributed by atoms with E-state index in [9.17, 15) is 0 Å². The van der Waals surface area contributed by atoms with Crippen LogP contribution in [0.5, 0.6) is 0 Å². The van der Waals surface area contributed by atoms with Crippen LogP contribution in [-0.4, -0.2) is 18.0 Å². The van der Waals surface area contributed by atoms with Gasteiger partial charge in [0.1, 0.15) is 0 Å². The Morgan fingerprint density at radius 2 is 1.62 bits per heavy atom. The number of nitrogens with zero attached hydrogens (tertiary/aromatic N) is 1. The van der Waals surface area contributed by atoms with Gasteiger partial charge in [-0.25, -0.2) is 0 Å². The fraction of sp³-hybridized carbons (Fsp3) is 0.375. The van der Waals surface area contributed by atoms with Crippen LogP contribution in [0.1, 0.15) is 31.9 Å². The third-order valence-electron chi connectivity index (χ3n) is 3.56. The average molecular weight is 427 g/mol. The molecule has 0 saturated heterocycles. The summed E-state index contributed by atoms with van der Waals surface area (Å²) in [6.07, 6.45) is 5.79. The van der Waals surface area contributed by atoms with Gasteiger partial charge in [0.05, 0.1) is 0 Å². The maximum Gasteiger partial charge on any atom is -0.147 e. The van der Waals surface area contributed by atoms with Crippen molar-refractivity contribution in [2.75, 3.05) is 13.1 Å². The van der Waals surface area contributed by atoms with E-state index in [0.717, 1.165) is 19.5 Å². The molecule has 0 aromatic heterocycles. The maximum atomic E-state index is 2.55. The number of halogens is 3. The van der Waals surface area contributed by atoms with E-state index >= 15 is 0 Å². The number of allylic oxidation sites excluding steroid dienone is 2. The van der Waals surface area contributed by atoms with E-state index in [1.165, 1.54) is 11.1 Å². The molecule has 21 heavy (non-hydrogen) atoms. The molecule has 1 aliphatic carbocycles. The van der Waals surface area contributed by atoms with Gasteiger partial charge in [0.2, 0.25) is 0 Å². The van der Waals surface area contributed by atoms with E-state index in [2.05, 4.69) is 61.2 Å². The first-order valence-electron chi connectivity index (χ1n) is 6.68. The molecular weight excluding hydrogens is 404 g/mol. The zero-order chi connectivity index (χ0) is 13.0. The van der Waals surface area contributed by atoms with Crippen LogP contribution in [0.2, 0.25) is 0 Å². The van der Waals surface area contributed by atoms with Crippen LogP contribution in [0, 0.1) is 0 Å². The minimum absolute atomic E-state index is 0. The first kappa shape index (κ1) is 23.7. The van der Waals surface area contributed by atoms with Crippen LogP contribution in [0.3, 0.4) is 0 Å². The quantitative estimate of drug-likeness (QED) is 0.633. The molecular formula is C16H23Cl3NZr. The van der Waals surface area contributed by atoms with Gasteiger partial charge in [-0.2, -0.15) is 0 Å². The van der Waals surface area contributed by atoms with Gasteiger partial charge in [0.25, 0.3) is 0 Å². The molecule has 1 aliphatic rings. The van der Waals surface area contributed by atoms with Crippen molar-refractivity contribution in [1.82, 2.24) is 4.90 Å². The summed E-state index contributed by atoms with van der Waals surface area (Å²) >= 11 is 1.56. The largest absolute Gasteiger partial charge is 0.147 e. The van der Waals surface area contributed by atoms with E-state index in [1.54, 1.807) is 28.0 Å². The normalized spacial score (nSPS) is 14.2. The van der Waals surface area contributed by atoms with Crippen molar-refractivity contribution >= 4 is 37.2 Å². The van der Waals surface area contributed by atoms with Gasteiger partial charge in [0, 0.05) is 0 Å². The van der Waals surface area contributed by atoms with Crippen LogP contribution >= 0.6 is 37.2 Å². The summed E-state index contributed by atoms with van der Waals surface area (Å²) < 4.78 is 1.60. The minimum Gasteiger partial charge on any atom is -0.147 e. The van der Waals surface area contributed by atoms with Gasteiger partial charge < -0.3 is 0 Å². The van der Waals surface area contributed by atoms with Crippen molar-refractivity contribution in [2.45, 2.75) is 26.3 Å². The summed E-state index contributed by atoms with van der Waals surface area (Å²) in [6, 6.07) is 11.3. The van der Waals surface area contributed by atoms with Crippen molar-refractivity contribution in [3.63, 3.8) is 0 Å². The van der Waals surface area contributed by atoms with E-state index in [-0.39, 0.29) is 37.2 Å². The third kappa shape index (κ3) is 5.84. The van der Waals surface area contributed by atoms with Gasteiger partial charge in [-0.1, -0.05) is 0 Å². The molecule has 5 heteroatoms. The second-order valence-corrected chi connectivity index (χ2v) is 6.06. The van der Waals surface area contributed by atoms with Gasteiger partial charge in [0.15, 0.2) is 0 Å². The molecule has 0 radical (unpaired) electrons. The SMILES string of the molecule is CCN(CC)C(C1=[C]([Zr])CC=C1)c1ccccc1.Cl.Cl.Cl. The molecule has 0 saturated carbocycles. The summed E-state index contributed by atoms with van der Waals surface area (Å²) in [4.78, 5) is 2.55. The summed E-state index contributed by atoms with van der Waals surface area (Å²) in [5, 5.41) is 0. The first-order chi connectivity index (χ1) is 8.77. The molecule has 1 aromatic carbocycles. The van der Waals surface area contributed by atoms with E-state index in [0.29, 0.717) is 6.04 Å². The molecule has 0 fully saturated rings. The zero-order valence-electron chi connectivity index (χ0n) is 12.4. The molecule has 1 unspecified atom stereocenters. The summed E-state index contributed by atoms with van der Waals surface area (Å²) in [5.74, 6) is 0. The van der Waals surface area contributed by atoms with Gasteiger partial charge in [-0.05, 0) is 0 Å². The molecule has 0 amide bonds. The van der Waals surface area contributed by atoms with Gasteiger partial charge in [-0.3, -0.25) is 0 Å². The Bertz CT molecular complexity index is 456. The Labute approximate surface area is 162 Å². The van der Waals surface area contributed by atoms with Crippen LogP contribution in [0.4, 0.5) is 0 Å². The zero-order valence-corrected chi connectivity index (χ0v) is 17.3. The maximum absolute atomic E-state index is 2.55. The molecule has 117 valence electrons. The minimum atomic E-state index is 0. The molecule has 0 bridgehead atoms. The Kier molecular flexibility index (Phi) is 13.4. The first-order valence-corrected chi connectivity index (χ1v) is 7.91. The average Bonchev–Trinajstić information content (AvgIpc) is 2.83. The summed E-state index contributed by atoms with van der Waals surface area (Å²) in [7, 11) is 0. The number of rotatable bonds is 5. The van der Waals surface area contributed by atoms with Gasteiger partial charge in [-0.15, -0.1) is 37.2 Å². The Balaban J connectivity index is 0. The topological polar surface area (TPSA) is 3.24 Å². The predicted molar refractivity (Wildman–Crippen MR) is 94.6 cm³/mol. The number of hydrogen-bond donors (Lipinski definition) is 0. The molecule has 0 N–H and O–H groups in total. The predicted octanol–water partition coefficient (Wildman–Crippen LogP) is 5.10. The van der Waals surface area contributed by atoms with Crippen LogP contribution < -0.4 is 0 Å². The van der Waals surface area contributed by atoms with E-state index < -0.39 is 0 Å². The second kappa shape index (κ2) is 11.9. The Hall–Kier alpha value is 0.413. The van der Waals surface area contributed by atoms with Crippen molar-refractivity contribution in [3.8, 4) is 0 Å². The molecule has 2 rings (SSSR count). The van der Waals surface area contributed by atoms with E-state index in [1.807, 2.05) is 0 Å². The van der Waals surface area contributed by atoms with Crippen molar-refractivity contribution in [2.24, 2.45) is 0 Å². The van der Waals surface area contributed by atoms with Crippen molar-refractivity contribution < 1.29 is 24.7 Å².